The number of amides is 1. The maximum Gasteiger partial charge on any atom is 0.328 e. The monoisotopic (exact) mass is 366 g/mol. The fourth-order valence-corrected chi connectivity index (χ4v) is 3.98. The number of benzene rings is 1. The number of carbonyl (C=O) groups excluding carboxylic acids is 2. The van der Waals surface area contributed by atoms with Crippen LogP contribution in [0, 0.1) is 5.92 Å². The second-order valence-corrected chi connectivity index (χ2v) is 6.88. The van der Waals surface area contributed by atoms with Crippen LogP contribution in [-0.4, -0.2) is 37.1 Å². The van der Waals surface area contributed by atoms with Gasteiger partial charge in [0.05, 0.1) is 13.2 Å². The molecule has 4 atom stereocenters. The van der Waals surface area contributed by atoms with E-state index in [9.17, 15) is 9.59 Å². The van der Waals surface area contributed by atoms with Gasteiger partial charge in [-0.1, -0.05) is 43.2 Å². The van der Waals surface area contributed by atoms with Gasteiger partial charge in [-0.3, -0.25) is 4.79 Å². The van der Waals surface area contributed by atoms with E-state index >= 15 is 0 Å². The molecule has 1 amide bonds. The Morgan fingerprint density at radius 2 is 1.96 bits per heavy atom. The summed E-state index contributed by atoms with van der Waals surface area (Å²) in [5, 5.41) is 6.35. The molecule has 0 radical (unpaired) electrons. The van der Waals surface area contributed by atoms with Gasteiger partial charge in [-0.05, 0) is 30.7 Å². The zero-order chi connectivity index (χ0) is 16.9. The summed E-state index contributed by atoms with van der Waals surface area (Å²) in [5.74, 6) is 0.110. The van der Waals surface area contributed by atoms with Gasteiger partial charge < -0.3 is 15.4 Å². The maximum absolute atomic E-state index is 12.6. The largest absolute Gasteiger partial charge is 0.467 e. The van der Waals surface area contributed by atoms with Crippen molar-refractivity contribution in [2.24, 2.45) is 5.92 Å². The quantitative estimate of drug-likeness (QED) is 0.784. The minimum Gasteiger partial charge on any atom is -0.467 e. The molecule has 5 nitrogen and oxygen atoms in total. The summed E-state index contributed by atoms with van der Waals surface area (Å²) < 4.78 is 4.87. The summed E-state index contributed by atoms with van der Waals surface area (Å²) >= 11 is 0. The van der Waals surface area contributed by atoms with Crippen molar-refractivity contribution in [3.05, 3.63) is 35.9 Å². The molecule has 4 unspecified atom stereocenters. The van der Waals surface area contributed by atoms with Gasteiger partial charge in [-0.15, -0.1) is 12.4 Å². The van der Waals surface area contributed by atoms with E-state index in [1.165, 1.54) is 26.4 Å². The number of fused-ring (bicyclic) bond motifs is 1. The van der Waals surface area contributed by atoms with Crippen molar-refractivity contribution in [1.82, 2.24) is 10.6 Å². The third kappa shape index (κ3) is 4.95. The predicted octanol–water partition coefficient (Wildman–Crippen LogP) is 2.23. The van der Waals surface area contributed by atoms with Gasteiger partial charge >= 0.3 is 5.97 Å². The summed E-state index contributed by atoms with van der Waals surface area (Å²) in [7, 11) is 1.36. The van der Waals surface area contributed by atoms with E-state index in [1.807, 2.05) is 30.3 Å². The molecule has 1 saturated carbocycles. The first-order valence-electron chi connectivity index (χ1n) is 8.85. The number of hydrogen-bond donors (Lipinski definition) is 2. The van der Waals surface area contributed by atoms with Gasteiger partial charge in [0.2, 0.25) is 5.91 Å². The topological polar surface area (TPSA) is 67.4 Å². The third-order valence-electron chi connectivity index (χ3n) is 5.26. The smallest absolute Gasteiger partial charge is 0.328 e. The van der Waals surface area contributed by atoms with E-state index in [1.54, 1.807) is 0 Å². The molecule has 1 aliphatic heterocycles. The molecule has 6 heteroatoms. The summed E-state index contributed by atoms with van der Waals surface area (Å²) in [6.07, 6.45) is 6.16. The van der Waals surface area contributed by atoms with E-state index in [4.69, 9.17) is 4.74 Å². The average Bonchev–Trinajstić information content (AvgIpc) is 3.05. The summed E-state index contributed by atoms with van der Waals surface area (Å²) in [5.41, 5.74) is 1.00. The molecule has 25 heavy (non-hydrogen) atoms. The van der Waals surface area contributed by atoms with Crippen molar-refractivity contribution in [1.29, 1.82) is 0 Å². The minimum absolute atomic E-state index is 0. The van der Waals surface area contributed by atoms with E-state index in [0.717, 1.165) is 18.4 Å². The highest BCUT2D eigenvalue weighted by atomic mass is 35.5. The van der Waals surface area contributed by atoms with Gasteiger partial charge in [-0.25, -0.2) is 4.79 Å². The molecular weight excluding hydrogens is 340 g/mol. The molecule has 3 rings (SSSR count). The maximum atomic E-state index is 12.6. The Hall–Kier alpha value is -1.59. The normalized spacial score (nSPS) is 26.0. The molecule has 1 heterocycles. The molecule has 0 spiro atoms. The molecular formula is C19H27ClN2O3. The van der Waals surface area contributed by atoms with Crippen LogP contribution in [-0.2, 0) is 20.7 Å². The number of nitrogens with one attached hydrogen (secondary N) is 2. The highest BCUT2D eigenvalue weighted by molar-refractivity contribution is 5.88. The van der Waals surface area contributed by atoms with Crippen LogP contribution in [0.4, 0.5) is 0 Å². The highest BCUT2D eigenvalue weighted by Crippen LogP contribution is 2.33. The molecule has 2 fully saturated rings. The standard InChI is InChI=1S/C19H26N2O3.ClH/c1-24-19(23)17(11-13-7-3-2-4-8-13)21-18(22)16-12-14-9-5-6-10-15(14)20-16;/h2-4,7-8,14-17,20H,5-6,9-12H2,1H3,(H,21,22);1H. The van der Waals surface area contributed by atoms with Crippen molar-refractivity contribution in [3.63, 3.8) is 0 Å². The van der Waals surface area contributed by atoms with Crippen LogP contribution >= 0.6 is 12.4 Å². The molecule has 0 aromatic heterocycles. The van der Waals surface area contributed by atoms with Crippen LogP contribution in [0.3, 0.4) is 0 Å². The number of carbonyl (C=O) groups is 2. The average molecular weight is 367 g/mol. The number of rotatable bonds is 5. The predicted molar refractivity (Wildman–Crippen MR) is 98.6 cm³/mol. The van der Waals surface area contributed by atoms with Crippen molar-refractivity contribution in [2.75, 3.05) is 7.11 Å². The Morgan fingerprint density at radius 1 is 1.24 bits per heavy atom. The molecule has 1 aromatic rings. The fourth-order valence-electron chi connectivity index (χ4n) is 3.98. The number of methoxy groups -OCH3 is 1. The summed E-state index contributed by atoms with van der Waals surface area (Å²) in [6, 6.07) is 9.30. The lowest BCUT2D eigenvalue weighted by Crippen LogP contribution is -2.50. The Labute approximate surface area is 155 Å². The first-order chi connectivity index (χ1) is 11.7. The molecule has 1 aromatic carbocycles. The lowest BCUT2D eigenvalue weighted by molar-refractivity contribution is -0.145. The van der Waals surface area contributed by atoms with Gasteiger partial charge in [0.1, 0.15) is 6.04 Å². The summed E-state index contributed by atoms with van der Waals surface area (Å²) in [4.78, 5) is 24.7. The lowest BCUT2D eigenvalue weighted by atomic mass is 9.85. The lowest BCUT2D eigenvalue weighted by Gasteiger charge is -2.24. The zero-order valence-corrected chi connectivity index (χ0v) is 15.4. The molecule has 1 saturated heterocycles. The van der Waals surface area contributed by atoms with Crippen LogP contribution in [0.25, 0.3) is 0 Å². The Morgan fingerprint density at radius 3 is 2.64 bits per heavy atom. The van der Waals surface area contributed by atoms with Crippen molar-refractivity contribution >= 4 is 24.3 Å². The van der Waals surface area contributed by atoms with E-state index < -0.39 is 12.0 Å². The van der Waals surface area contributed by atoms with Crippen molar-refractivity contribution < 1.29 is 14.3 Å². The number of esters is 1. The van der Waals surface area contributed by atoms with Gasteiger partial charge in [0, 0.05) is 12.5 Å². The van der Waals surface area contributed by atoms with Crippen LogP contribution in [0.1, 0.15) is 37.7 Å². The number of ether oxygens (including phenoxy) is 1. The number of hydrogen-bond acceptors (Lipinski definition) is 4. The van der Waals surface area contributed by atoms with Crippen molar-refractivity contribution in [3.8, 4) is 0 Å². The van der Waals surface area contributed by atoms with Crippen LogP contribution in [0.5, 0.6) is 0 Å². The van der Waals surface area contributed by atoms with E-state index in [-0.39, 0.29) is 24.4 Å². The molecule has 2 aliphatic rings. The van der Waals surface area contributed by atoms with Crippen LogP contribution in [0.15, 0.2) is 30.3 Å². The fraction of sp³-hybridized carbons (Fsp3) is 0.579. The zero-order valence-electron chi connectivity index (χ0n) is 14.6. The van der Waals surface area contributed by atoms with Crippen LogP contribution in [0.2, 0.25) is 0 Å². The number of halogens is 1. The summed E-state index contributed by atoms with van der Waals surface area (Å²) in [6.45, 7) is 0. The second-order valence-electron chi connectivity index (χ2n) is 6.88. The van der Waals surface area contributed by atoms with E-state index in [2.05, 4.69) is 10.6 Å². The first kappa shape index (κ1) is 19.7. The minimum atomic E-state index is -0.644. The molecule has 2 N–H and O–H groups in total. The SMILES string of the molecule is COC(=O)C(Cc1ccccc1)NC(=O)C1CC2CCCCC2N1.Cl. The molecule has 0 bridgehead atoms. The second kappa shape index (κ2) is 9.20. The first-order valence-corrected chi connectivity index (χ1v) is 8.85. The third-order valence-corrected chi connectivity index (χ3v) is 5.26. The van der Waals surface area contributed by atoms with Gasteiger partial charge in [0.25, 0.3) is 0 Å². The Bertz CT molecular complexity index is 567. The molecule has 1 aliphatic carbocycles. The van der Waals surface area contributed by atoms with Gasteiger partial charge in [-0.2, -0.15) is 0 Å². The van der Waals surface area contributed by atoms with E-state index in [0.29, 0.717) is 18.4 Å². The highest BCUT2D eigenvalue weighted by Gasteiger charge is 2.39. The molecule has 138 valence electrons. The Kier molecular flexibility index (Phi) is 7.26. The van der Waals surface area contributed by atoms with Crippen molar-refractivity contribution in [2.45, 2.75) is 56.7 Å². The van der Waals surface area contributed by atoms with Crippen LogP contribution < -0.4 is 10.6 Å². The van der Waals surface area contributed by atoms with Gasteiger partial charge in [0.15, 0.2) is 0 Å². The Balaban J connectivity index is 0.00000225.